The Morgan fingerprint density at radius 2 is 2.00 bits per heavy atom. The number of ketones is 1. The maximum absolute atomic E-state index is 13.7. The molecular weight excluding hydrogens is 253 g/mol. The SMILES string of the molecule is CCN(CC(C)C(=O)c1ccccc1F)C1CCCC1. The molecule has 0 bridgehead atoms. The monoisotopic (exact) mass is 277 g/mol. The number of carbonyl (C=O) groups excluding carboxylic acids is 1. The molecule has 1 aromatic carbocycles. The third-order valence-corrected chi connectivity index (χ3v) is 4.34. The fourth-order valence-electron chi connectivity index (χ4n) is 3.17. The van der Waals surface area contributed by atoms with Crippen LogP contribution >= 0.6 is 0 Å². The lowest BCUT2D eigenvalue weighted by Gasteiger charge is -2.29. The second kappa shape index (κ2) is 6.98. The molecule has 1 unspecified atom stereocenters. The molecule has 0 heterocycles. The van der Waals surface area contributed by atoms with Gasteiger partial charge in [-0.15, -0.1) is 0 Å². The van der Waals surface area contributed by atoms with E-state index < -0.39 is 5.82 Å². The second-order valence-corrected chi connectivity index (χ2v) is 5.77. The summed E-state index contributed by atoms with van der Waals surface area (Å²) in [5.74, 6) is -0.653. The van der Waals surface area contributed by atoms with Crippen LogP contribution in [-0.2, 0) is 0 Å². The van der Waals surface area contributed by atoms with Crippen LogP contribution in [0, 0.1) is 11.7 Å². The summed E-state index contributed by atoms with van der Waals surface area (Å²) in [5.41, 5.74) is 0.225. The summed E-state index contributed by atoms with van der Waals surface area (Å²) in [6.45, 7) is 5.74. The van der Waals surface area contributed by atoms with Gasteiger partial charge in [-0.05, 0) is 31.5 Å². The van der Waals surface area contributed by atoms with Crippen LogP contribution in [0.3, 0.4) is 0 Å². The molecule has 1 aliphatic rings. The number of rotatable bonds is 6. The Bertz CT molecular complexity index is 454. The molecule has 2 nitrogen and oxygen atoms in total. The van der Waals surface area contributed by atoms with Gasteiger partial charge in [0.2, 0.25) is 0 Å². The van der Waals surface area contributed by atoms with E-state index >= 15 is 0 Å². The van der Waals surface area contributed by atoms with E-state index in [4.69, 9.17) is 0 Å². The molecule has 3 heteroatoms. The number of carbonyl (C=O) groups is 1. The van der Waals surface area contributed by atoms with E-state index in [-0.39, 0.29) is 17.3 Å². The summed E-state index contributed by atoms with van der Waals surface area (Å²) in [6, 6.07) is 6.88. The summed E-state index contributed by atoms with van der Waals surface area (Å²) < 4.78 is 13.7. The lowest BCUT2D eigenvalue weighted by molar-refractivity contribution is 0.0868. The van der Waals surface area contributed by atoms with Crippen LogP contribution in [0.2, 0.25) is 0 Å². The minimum absolute atomic E-state index is 0.0838. The topological polar surface area (TPSA) is 20.3 Å². The number of halogens is 1. The molecule has 0 spiro atoms. The molecule has 1 fully saturated rings. The quantitative estimate of drug-likeness (QED) is 0.735. The molecule has 0 N–H and O–H groups in total. The Morgan fingerprint density at radius 1 is 1.35 bits per heavy atom. The number of Topliss-reactive ketones (excluding diaryl/α,β-unsaturated/α-hetero) is 1. The van der Waals surface area contributed by atoms with E-state index in [1.54, 1.807) is 18.2 Å². The van der Waals surface area contributed by atoms with Gasteiger partial charge in [-0.2, -0.15) is 0 Å². The minimum Gasteiger partial charge on any atom is -0.300 e. The van der Waals surface area contributed by atoms with Gasteiger partial charge in [-0.1, -0.05) is 38.8 Å². The fraction of sp³-hybridized carbons (Fsp3) is 0.588. The molecule has 0 saturated heterocycles. The Balaban J connectivity index is 2.01. The van der Waals surface area contributed by atoms with Crippen molar-refractivity contribution in [2.75, 3.05) is 13.1 Å². The highest BCUT2D eigenvalue weighted by atomic mass is 19.1. The van der Waals surface area contributed by atoms with Gasteiger partial charge in [0.15, 0.2) is 5.78 Å². The van der Waals surface area contributed by atoms with Crippen molar-refractivity contribution in [3.8, 4) is 0 Å². The van der Waals surface area contributed by atoms with Crippen LogP contribution in [0.25, 0.3) is 0 Å². The first-order valence-corrected chi connectivity index (χ1v) is 7.66. The first-order valence-electron chi connectivity index (χ1n) is 7.66. The van der Waals surface area contributed by atoms with Crippen molar-refractivity contribution in [3.63, 3.8) is 0 Å². The molecule has 20 heavy (non-hydrogen) atoms. The van der Waals surface area contributed by atoms with E-state index in [9.17, 15) is 9.18 Å². The molecule has 0 aromatic heterocycles. The summed E-state index contributed by atoms with van der Waals surface area (Å²) >= 11 is 0. The molecule has 1 aliphatic carbocycles. The van der Waals surface area contributed by atoms with Crippen molar-refractivity contribution in [2.45, 2.75) is 45.6 Å². The Morgan fingerprint density at radius 3 is 2.60 bits per heavy atom. The van der Waals surface area contributed by atoms with Gasteiger partial charge < -0.3 is 0 Å². The van der Waals surface area contributed by atoms with Gasteiger partial charge in [0.25, 0.3) is 0 Å². The van der Waals surface area contributed by atoms with Gasteiger partial charge in [0, 0.05) is 18.5 Å². The van der Waals surface area contributed by atoms with E-state index in [1.165, 1.54) is 31.7 Å². The highest BCUT2D eigenvalue weighted by Crippen LogP contribution is 2.24. The van der Waals surface area contributed by atoms with Gasteiger partial charge in [0.1, 0.15) is 5.82 Å². The third kappa shape index (κ3) is 3.45. The van der Waals surface area contributed by atoms with Crippen LogP contribution in [0.4, 0.5) is 4.39 Å². The van der Waals surface area contributed by atoms with Crippen molar-refractivity contribution >= 4 is 5.78 Å². The molecule has 110 valence electrons. The molecule has 0 radical (unpaired) electrons. The Labute approximate surface area is 121 Å². The Hall–Kier alpha value is -1.22. The fourth-order valence-corrected chi connectivity index (χ4v) is 3.17. The van der Waals surface area contributed by atoms with Gasteiger partial charge >= 0.3 is 0 Å². The lowest BCUT2D eigenvalue weighted by Crippen LogP contribution is -2.38. The predicted octanol–water partition coefficient (Wildman–Crippen LogP) is 3.91. The van der Waals surface area contributed by atoms with Crippen molar-refractivity contribution in [1.29, 1.82) is 0 Å². The summed E-state index contributed by atoms with van der Waals surface area (Å²) in [4.78, 5) is 14.8. The van der Waals surface area contributed by atoms with E-state index in [2.05, 4.69) is 11.8 Å². The maximum atomic E-state index is 13.7. The van der Waals surface area contributed by atoms with Crippen LogP contribution in [0.15, 0.2) is 24.3 Å². The zero-order valence-electron chi connectivity index (χ0n) is 12.4. The Kier molecular flexibility index (Phi) is 5.30. The van der Waals surface area contributed by atoms with Crippen molar-refractivity contribution in [1.82, 2.24) is 4.90 Å². The third-order valence-electron chi connectivity index (χ3n) is 4.34. The van der Waals surface area contributed by atoms with Crippen LogP contribution in [0.5, 0.6) is 0 Å². The van der Waals surface area contributed by atoms with Crippen LogP contribution in [0.1, 0.15) is 49.9 Å². The van der Waals surface area contributed by atoms with Crippen molar-refractivity contribution in [3.05, 3.63) is 35.6 Å². The normalized spacial score (nSPS) is 17.6. The lowest BCUT2D eigenvalue weighted by atomic mass is 9.97. The first kappa shape index (κ1) is 15.2. The van der Waals surface area contributed by atoms with E-state index in [0.717, 1.165) is 13.1 Å². The molecule has 1 atom stereocenters. The number of nitrogens with zero attached hydrogens (tertiary/aromatic N) is 1. The molecule has 2 rings (SSSR count). The highest BCUT2D eigenvalue weighted by Gasteiger charge is 2.26. The highest BCUT2D eigenvalue weighted by molar-refractivity contribution is 5.98. The summed E-state index contributed by atoms with van der Waals surface area (Å²) in [5, 5.41) is 0. The number of hydrogen-bond donors (Lipinski definition) is 0. The molecular formula is C17H24FNO. The van der Waals surface area contributed by atoms with Gasteiger partial charge in [-0.3, -0.25) is 9.69 Å². The second-order valence-electron chi connectivity index (χ2n) is 5.77. The van der Waals surface area contributed by atoms with E-state index in [0.29, 0.717) is 6.04 Å². The molecule has 0 amide bonds. The zero-order valence-corrected chi connectivity index (χ0v) is 12.4. The standard InChI is InChI=1S/C17H24FNO/c1-3-19(14-8-4-5-9-14)12-13(2)17(20)15-10-6-7-11-16(15)18/h6-7,10-11,13-14H,3-5,8-9,12H2,1-2H3. The molecule has 0 aliphatic heterocycles. The average molecular weight is 277 g/mol. The maximum Gasteiger partial charge on any atom is 0.169 e. The van der Waals surface area contributed by atoms with Gasteiger partial charge in [-0.25, -0.2) is 4.39 Å². The zero-order chi connectivity index (χ0) is 14.5. The predicted molar refractivity (Wildman–Crippen MR) is 79.4 cm³/mol. The number of hydrogen-bond acceptors (Lipinski definition) is 2. The average Bonchev–Trinajstić information content (AvgIpc) is 2.98. The van der Waals surface area contributed by atoms with Crippen LogP contribution < -0.4 is 0 Å². The first-order chi connectivity index (χ1) is 9.63. The smallest absolute Gasteiger partial charge is 0.169 e. The van der Waals surface area contributed by atoms with Crippen molar-refractivity contribution in [2.24, 2.45) is 5.92 Å². The molecule has 1 saturated carbocycles. The summed E-state index contributed by atoms with van der Waals surface area (Å²) in [7, 11) is 0. The number of benzene rings is 1. The van der Waals surface area contributed by atoms with Gasteiger partial charge in [0.05, 0.1) is 5.56 Å². The molecule has 1 aromatic rings. The largest absolute Gasteiger partial charge is 0.300 e. The summed E-state index contributed by atoms with van der Waals surface area (Å²) in [6.07, 6.45) is 5.04. The van der Waals surface area contributed by atoms with Crippen LogP contribution in [-0.4, -0.2) is 29.8 Å². The van der Waals surface area contributed by atoms with Crippen molar-refractivity contribution < 1.29 is 9.18 Å². The minimum atomic E-state index is -0.409. The van der Waals surface area contributed by atoms with E-state index in [1.807, 2.05) is 6.92 Å².